The highest BCUT2D eigenvalue weighted by molar-refractivity contribution is 5.71. The number of hydrogen-bond donors (Lipinski definition) is 0. The van der Waals surface area contributed by atoms with Crippen molar-refractivity contribution in [3.8, 4) is 0 Å². The fraction of sp³-hybridized carbons (Fsp3) is 0.554. The highest BCUT2D eigenvalue weighted by Gasteiger charge is 2.19. The quantitative estimate of drug-likeness (QED) is 0.0262. The van der Waals surface area contributed by atoms with Gasteiger partial charge in [-0.05, 0) is 141 Å². The van der Waals surface area contributed by atoms with Gasteiger partial charge in [0.05, 0.1) is 0 Å². The molecule has 0 heterocycles. The van der Waals surface area contributed by atoms with Crippen LogP contribution in [0, 0.1) is 0 Å². The molecule has 0 aromatic heterocycles. The number of hydrogen-bond acceptors (Lipinski definition) is 6. The second kappa shape index (κ2) is 57.6. The summed E-state index contributed by atoms with van der Waals surface area (Å²) in [5.41, 5.74) is 0. The maximum Gasteiger partial charge on any atom is 0.306 e. The Labute approximate surface area is 435 Å². The van der Waals surface area contributed by atoms with Crippen LogP contribution in [0.3, 0.4) is 0 Å². The monoisotopic (exact) mass is 977 g/mol. The summed E-state index contributed by atoms with van der Waals surface area (Å²) in [6.07, 6.45) is 83.7. The van der Waals surface area contributed by atoms with Gasteiger partial charge >= 0.3 is 17.9 Å². The van der Waals surface area contributed by atoms with E-state index in [0.29, 0.717) is 12.8 Å². The van der Waals surface area contributed by atoms with Gasteiger partial charge in [-0.15, -0.1) is 0 Å². The van der Waals surface area contributed by atoms with E-state index >= 15 is 0 Å². The zero-order chi connectivity index (χ0) is 51.4. The predicted octanol–water partition coefficient (Wildman–Crippen LogP) is 19.0. The minimum Gasteiger partial charge on any atom is -0.462 e. The lowest BCUT2D eigenvalue weighted by molar-refractivity contribution is -0.167. The molecular formula is C65H100O6. The molecule has 0 amide bonds. The average Bonchev–Trinajstić information content (AvgIpc) is 3.37. The van der Waals surface area contributed by atoms with Gasteiger partial charge < -0.3 is 14.2 Å². The van der Waals surface area contributed by atoms with E-state index in [0.717, 1.165) is 141 Å². The normalized spacial score (nSPS) is 13.3. The molecule has 0 radical (unpaired) electrons. The number of unbranched alkanes of at least 4 members (excludes halogenated alkanes) is 11. The molecule has 0 aromatic rings. The molecule has 0 aliphatic rings. The smallest absolute Gasteiger partial charge is 0.306 e. The molecule has 0 aromatic carbocycles. The Hall–Kier alpha value is -4.97. The standard InChI is InChI=1S/C65H100O6/c1-4-7-10-13-16-19-22-25-28-31-32-35-37-40-43-46-49-52-55-58-64(67)70-61-62(71-65(68)59-56-53-50-47-44-41-38-34-30-27-24-21-18-15-12-9-6-3)60-69-63(66)57-54-51-48-45-42-39-36-33-29-26-23-20-17-14-11-8-5-2/h8-9,11-12,16-21,25-30,32,35-36,38-41,43,45,48,62H,4-7,10,13-15,22-24,31,33-34,37,42,44,46-47,49-61H2,1-3H3/b11-8-,12-9-,19-16-,20-17-,21-18-,28-25-,29-26-,30-27-,35-32-,39-36-,41-38-,43-40-,48-45-/t62-/m1/s1. The van der Waals surface area contributed by atoms with Crippen LogP contribution >= 0.6 is 0 Å². The summed E-state index contributed by atoms with van der Waals surface area (Å²) in [5, 5.41) is 0. The van der Waals surface area contributed by atoms with Crippen molar-refractivity contribution in [2.75, 3.05) is 13.2 Å². The van der Waals surface area contributed by atoms with E-state index in [4.69, 9.17) is 14.2 Å². The molecule has 0 aliphatic carbocycles. The molecule has 6 heteroatoms. The maximum atomic E-state index is 12.8. The molecular weight excluding hydrogens is 877 g/mol. The van der Waals surface area contributed by atoms with E-state index in [1.165, 1.54) is 25.7 Å². The molecule has 0 rings (SSSR count). The molecule has 0 N–H and O–H groups in total. The van der Waals surface area contributed by atoms with E-state index in [-0.39, 0.29) is 44.0 Å². The first-order valence-electron chi connectivity index (χ1n) is 28.0. The van der Waals surface area contributed by atoms with Crippen molar-refractivity contribution in [1.29, 1.82) is 0 Å². The van der Waals surface area contributed by atoms with Crippen LogP contribution in [0.5, 0.6) is 0 Å². The Kier molecular flexibility index (Phi) is 53.6. The molecule has 6 nitrogen and oxygen atoms in total. The van der Waals surface area contributed by atoms with Crippen LogP contribution in [-0.2, 0) is 28.6 Å². The van der Waals surface area contributed by atoms with Gasteiger partial charge in [-0.1, -0.05) is 211 Å². The van der Waals surface area contributed by atoms with E-state index in [2.05, 4.69) is 179 Å². The first-order valence-corrected chi connectivity index (χ1v) is 28.0. The van der Waals surface area contributed by atoms with Gasteiger partial charge in [0.1, 0.15) is 13.2 Å². The van der Waals surface area contributed by atoms with E-state index in [1.54, 1.807) is 0 Å². The van der Waals surface area contributed by atoms with Gasteiger partial charge in [-0.3, -0.25) is 14.4 Å². The highest BCUT2D eigenvalue weighted by atomic mass is 16.6. The maximum absolute atomic E-state index is 12.8. The van der Waals surface area contributed by atoms with Crippen LogP contribution < -0.4 is 0 Å². The van der Waals surface area contributed by atoms with Crippen LogP contribution in [-0.4, -0.2) is 37.2 Å². The molecule has 0 aliphatic heterocycles. The molecule has 71 heavy (non-hydrogen) atoms. The first kappa shape index (κ1) is 66.0. The fourth-order valence-electron chi connectivity index (χ4n) is 6.86. The summed E-state index contributed by atoms with van der Waals surface area (Å²) in [6.45, 7) is 6.26. The second-order valence-electron chi connectivity index (χ2n) is 17.7. The summed E-state index contributed by atoms with van der Waals surface area (Å²) in [5.74, 6) is -1.05. The minimum absolute atomic E-state index is 0.130. The Morgan fingerprint density at radius 2 is 0.563 bits per heavy atom. The van der Waals surface area contributed by atoms with Crippen LogP contribution in [0.25, 0.3) is 0 Å². The lowest BCUT2D eigenvalue weighted by atomic mass is 10.1. The molecule has 0 saturated carbocycles. The number of esters is 3. The number of carbonyl (C=O) groups excluding carboxylic acids is 3. The summed E-state index contributed by atoms with van der Waals surface area (Å²) in [6, 6.07) is 0. The van der Waals surface area contributed by atoms with Gasteiger partial charge in [0, 0.05) is 19.3 Å². The molecule has 0 unspecified atom stereocenters. The van der Waals surface area contributed by atoms with Crippen molar-refractivity contribution in [1.82, 2.24) is 0 Å². The van der Waals surface area contributed by atoms with Gasteiger partial charge in [0.2, 0.25) is 0 Å². The average molecular weight is 978 g/mol. The molecule has 396 valence electrons. The summed E-state index contributed by atoms with van der Waals surface area (Å²) < 4.78 is 16.8. The fourth-order valence-corrected chi connectivity index (χ4v) is 6.86. The number of allylic oxidation sites excluding steroid dienone is 26. The van der Waals surface area contributed by atoms with Crippen molar-refractivity contribution >= 4 is 17.9 Å². The molecule has 0 spiro atoms. The Morgan fingerprint density at radius 1 is 0.296 bits per heavy atom. The lowest BCUT2D eigenvalue weighted by Gasteiger charge is -2.18. The van der Waals surface area contributed by atoms with Crippen molar-refractivity contribution in [2.24, 2.45) is 0 Å². The molecule has 0 fully saturated rings. The van der Waals surface area contributed by atoms with Crippen LogP contribution in [0.4, 0.5) is 0 Å². The van der Waals surface area contributed by atoms with Crippen LogP contribution in [0.2, 0.25) is 0 Å². The first-order chi connectivity index (χ1) is 35.0. The Bertz CT molecular complexity index is 1640. The van der Waals surface area contributed by atoms with Crippen molar-refractivity contribution in [3.63, 3.8) is 0 Å². The van der Waals surface area contributed by atoms with Gasteiger partial charge in [-0.2, -0.15) is 0 Å². The number of carbonyl (C=O) groups is 3. The second-order valence-corrected chi connectivity index (χ2v) is 17.7. The van der Waals surface area contributed by atoms with E-state index < -0.39 is 6.10 Å². The third-order valence-electron chi connectivity index (χ3n) is 11.0. The third-order valence-corrected chi connectivity index (χ3v) is 11.0. The number of rotatable bonds is 48. The number of ether oxygens (including phenoxy) is 3. The zero-order valence-electron chi connectivity index (χ0n) is 45.2. The van der Waals surface area contributed by atoms with Crippen molar-refractivity contribution in [2.45, 2.75) is 219 Å². The lowest BCUT2D eigenvalue weighted by Crippen LogP contribution is -2.30. The molecule has 1 atom stereocenters. The predicted molar refractivity (Wildman–Crippen MR) is 306 cm³/mol. The minimum atomic E-state index is -0.836. The van der Waals surface area contributed by atoms with E-state index in [1.807, 2.05) is 0 Å². The third kappa shape index (κ3) is 55.8. The topological polar surface area (TPSA) is 78.9 Å². The van der Waals surface area contributed by atoms with E-state index in [9.17, 15) is 14.4 Å². The highest BCUT2D eigenvalue weighted by Crippen LogP contribution is 2.11. The van der Waals surface area contributed by atoms with Gasteiger partial charge in [0.25, 0.3) is 0 Å². The summed E-state index contributed by atoms with van der Waals surface area (Å²) >= 11 is 0. The Balaban J connectivity index is 4.62. The van der Waals surface area contributed by atoms with Crippen molar-refractivity contribution < 1.29 is 28.6 Å². The summed E-state index contributed by atoms with van der Waals surface area (Å²) in [4.78, 5) is 38.1. The SMILES string of the molecule is CC/C=C\C/C=C\C/C=C\C/C=C\C/C=C\CCCC(=O)OC[C@H](COC(=O)CCCCC/C=C\C/C=C\C/C=C\C/C=C\CCCCC)OC(=O)CCCCCC/C=C\C/C=C\C/C=C\C/C=C\CC. The van der Waals surface area contributed by atoms with Crippen LogP contribution in [0.15, 0.2) is 158 Å². The molecule has 0 bridgehead atoms. The van der Waals surface area contributed by atoms with Crippen molar-refractivity contribution in [3.05, 3.63) is 158 Å². The van der Waals surface area contributed by atoms with Crippen LogP contribution in [0.1, 0.15) is 213 Å². The largest absolute Gasteiger partial charge is 0.462 e. The Morgan fingerprint density at radius 3 is 0.915 bits per heavy atom. The van der Waals surface area contributed by atoms with Gasteiger partial charge in [0.15, 0.2) is 6.10 Å². The molecule has 0 saturated heterocycles. The zero-order valence-corrected chi connectivity index (χ0v) is 45.2. The van der Waals surface area contributed by atoms with Gasteiger partial charge in [-0.25, -0.2) is 0 Å². The summed E-state index contributed by atoms with van der Waals surface area (Å²) in [7, 11) is 0.